The fourth-order valence-electron chi connectivity index (χ4n) is 3.76. The molecule has 1 N–H and O–H groups in total. The number of carboxylic acids is 1. The van der Waals surface area contributed by atoms with Crippen LogP contribution in [0.3, 0.4) is 0 Å². The molecular formula is C25H48NNaO3S. The van der Waals surface area contributed by atoms with E-state index in [-0.39, 0.29) is 35.5 Å². The number of nitrogens with one attached hydrogen (secondary N) is 1. The monoisotopic (exact) mass is 465 g/mol. The van der Waals surface area contributed by atoms with Gasteiger partial charge in [-0.15, -0.1) is 0 Å². The molecule has 0 aromatic heterocycles. The van der Waals surface area contributed by atoms with Gasteiger partial charge < -0.3 is 15.2 Å². The Hall–Kier alpha value is 0.290. The first-order valence-electron chi connectivity index (χ1n) is 12.6. The van der Waals surface area contributed by atoms with E-state index in [4.69, 9.17) is 0 Å². The Morgan fingerprint density at radius 3 is 1.48 bits per heavy atom. The zero-order valence-corrected chi connectivity index (χ0v) is 23.7. The second-order valence-corrected chi connectivity index (χ2v) is 9.61. The molecular weight excluding hydrogens is 417 g/mol. The molecule has 0 unspecified atom stereocenters. The van der Waals surface area contributed by atoms with Crippen LogP contribution in [0.2, 0.25) is 0 Å². The Morgan fingerprint density at radius 2 is 1.13 bits per heavy atom. The molecule has 0 spiro atoms. The summed E-state index contributed by atoms with van der Waals surface area (Å²) in [7, 11) is 0. The summed E-state index contributed by atoms with van der Waals surface area (Å²) in [5.74, 6) is -0.635. The summed E-state index contributed by atoms with van der Waals surface area (Å²) in [6.07, 6.45) is 25.1. The fraction of sp³-hybridized carbons (Fsp3) is 0.920. The molecule has 0 aliphatic carbocycles. The molecule has 0 saturated carbocycles. The van der Waals surface area contributed by atoms with Crippen molar-refractivity contribution >= 4 is 23.6 Å². The molecule has 0 bridgehead atoms. The zero-order valence-electron chi connectivity index (χ0n) is 20.9. The standard InChI is InChI=1S/C25H49NO3S.Na/c1-3-4-5-6-7-8-9-10-11-12-13-14-15-16-17-18-19-20-24(27)26-23(25(28)29)21-22-30-2;/h23H,3-22H2,1-2H3,(H,26,27)(H,28,29);/q;+1/p-1/t23-;/m0./s1. The molecule has 31 heavy (non-hydrogen) atoms. The van der Waals surface area contributed by atoms with Crippen molar-refractivity contribution in [2.24, 2.45) is 0 Å². The molecule has 0 aliphatic heterocycles. The number of carbonyl (C=O) groups is 2. The van der Waals surface area contributed by atoms with Gasteiger partial charge in [-0.25, -0.2) is 0 Å². The van der Waals surface area contributed by atoms with E-state index in [1.807, 2.05) is 6.26 Å². The number of carbonyl (C=O) groups excluding carboxylic acids is 2. The topological polar surface area (TPSA) is 69.2 Å². The quantitative estimate of drug-likeness (QED) is 0.186. The molecule has 6 heteroatoms. The van der Waals surface area contributed by atoms with Crippen LogP contribution in [0.25, 0.3) is 0 Å². The maximum Gasteiger partial charge on any atom is 1.00 e. The normalized spacial score (nSPS) is 11.7. The second kappa shape index (κ2) is 26.5. The third-order valence-corrected chi connectivity index (χ3v) is 6.38. The third kappa shape index (κ3) is 24.8. The van der Waals surface area contributed by atoms with Crippen molar-refractivity contribution in [1.29, 1.82) is 0 Å². The van der Waals surface area contributed by atoms with Gasteiger partial charge in [-0.2, -0.15) is 11.8 Å². The van der Waals surface area contributed by atoms with Gasteiger partial charge in [0.25, 0.3) is 0 Å². The van der Waals surface area contributed by atoms with E-state index < -0.39 is 12.0 Å². The maximum absolute atomic E-state index is 11.9. The van der Waals surface area contributed by atoms with Gasteiger partial charge in [-0.05, 0) is 24.9 Å². The SMILES string of the molecule is CCCCCCCCCCCCCCCCCCCC(=O)N[C@@H](CCSC)C(=O)[O-].[Na+]. The summed E-state index contributed by atoms with van der Waals surface area (Å²) in [6, 6.07) is -0.851. The van der Waals surface area contributed by atoms with E-state index in [0.29, 0.717) is 18.6 Å². The minimum absolute atomic E-state index is 0. The molecule has 0 aliphatic rings. The average Bonchev–Trinajstić information content (AvgIpc) is 2.73. The largest absolute Gasteiger partial charge is 1.00 e. The predicted molar refractivity (Wildman–Crippen MR) is 129 cm³/mol. The number of carboxylic acid groups (broad SMARTS) is 1. The van der Waals surface area contributed by atoms with Crippen LogP contribution >= 0.6 is 11.8 Å². The Labute approximate surface area is 219 Å². The van der Waals surface area contributed by atoms with Gasteiger partial charge in [0.1, 0.15) is 0 Å². The van der Waals surface area contributed by atoms with E-state index in [1.54, 1.807) is 11.8 Å². The number of unbranched alkanes of at least 4 members (excludes halogenated alkanes) is 16. The Balaban J connectivity index is 0. The fourth-order valence-corrected chi connectivity index (χ4v) is 4.23. The zero-order chi connectivity index (χ0) is 22.3. The van der Waals surface area contributed by atoms with Gasteiger partial charge in [0.2, 0.25) is 5.91 Å². The van der Waals surface area contributed by atoms with Crippen molar-refractivity contribution in [3.63, 3.8) is 0 Å². The summed E-state index contributed by atoms with van der Waals surface area (Å²) < 4.78 is 0. The van der Waals surface area contributed by atoms with Crippen molar-refractivity contribution in [1.82, 2.24) is 5.32 Å². The molecule has 0 radical (unpaired) electrons. The summed E-state index contributed by atoms with van der Waals surface area (Å²) in [4.78, 5) is 22.9. The van der Waals surface area contributed by atoms with Crippen LogP contribution in [-0.4, -0.2) is 29.9 Å². The summed E-state index contributed by atoms with van der Waals surface area (Å²) in [6.45, 7) is 2.27. The molecule has 4 nitrogen and oxygen atoms in total. The van der Waals surface area contributed by atoms with Gasteiger partial charge in [0.15, 0.2) is 0 Å². The Morgan fingerprint density at radius 1 is 0.742 bits per heavy atom. The Kier molecular flexibility index (Phi) is 28.7. The van der Waals surface area contributed by atoms with Gasteiger partial charge >= 0.3 is 29.6 Å². The molecule has 0 aromatic carbocycles. The van der Waals surface area contributed by atoms with Crippen molar-refractivity contribution in [3.05, 3.63) is 0 Å². The molecule has 0 aromatic rings. The number of hydrogen-bond acceptors (Lipinski definition) is 4. The van der Waals surface area contributed by atoms with Crippen molar-refractivity contribution < 1.29 is 44.3 Å². The smallest absolute Gasteiger partial charge is 0.548 e. The number of amides is 1. The number of aliphatic carboxylic acids is 1. The third-order valence-electron chi connectivity index (χ3n) is 5.74. The van der Waals surface area contributed by atoms with Crippen LogP contribution in [0.5, 0.6) is 0 Å². The number of rotatable bonds is 23. The first kappa shape index (κ1) is 33.5. The first-order valence-corrected chi connectivity index (χ1v) is 14.0. The number of hydrogen-bond donors (Lipinski definition) is 1. The van der Waals surface area contributed by atoms with E-state index in [2.05, 4.69) is 12.2 Å². The summed E-state index contributed by atoms with van der Waals surface area (Å²) >= 11 is 1.57. The van der Waals surface area contributed by atoms with E-state index >= 15 is 0 Å². The Bertz CT molecular complexity index is 410. The van der Waals surface area contributed by atoms with Gasteiger partial charge in [-0.3, -0.25) is 4.79 Å². The van der Waals surface area contributed by atoms with E-state index in [9.17, 15) is 14.7 Å². The van der Waals surface area contributed by atoms with Crippen molar-refractivity contribution in [2.45, 2.75) is 135 Å². The van der Waals surface area contributed by atoms with Gasteiger partial charge in [-0.1, -0.05) is 110 Å². The summed E-state index contributed by atoms with van der Waals surface area (Å²) in [5.41, 5.74) is 0. The number of thioether (sulfide) groups is 1. The van der Waals surface area contributed by atoms with Crippen LogP contribution < -0.4 is 40.0 Å². The van der Waals surface area contributed by atoms with Gasteiger partial charge in [0, 0.05) is 6.42 Å². The van der Waals surface area contributed by atoms with Crippen molar-refractivity contribution in [3.8, 4) is 0 Å². The molecule has 0 rings (SSSR count). The maximum atomic E-state index is 11.9. The molecule has 178 valence electrons. The molecule has 0 saturated heterocycles. The van der Waals surface area contributed by atoms with Crippen LogP contribution in [0.15, 0.2) is 0 Å². The minimum atomic E-state index is -1.18. The van der Waals surface area contributed by atoms with Crippen LogP contribution in [0, 0.1) is 0 Å². The summed E-state index contributed by atoms with van der Waals surface area (Å²) in [5, 5.41) is 13.6. The van der Waals surface area contributed by atoms with Gasteiger partial charge in [0.05, 0.1) is 12.0 Å². The predicted octanol–water partition coefficient (Wildman–Crippen LogP) is 3.02. The first-order chi connectivity index (χ1) is 14.6. The average molecular weight is 466 g/mol. The van der Waals surface area contributed by atoms with Crippen LogP contribution in [0.1, 0.15) is 129 Å². The molecule has 1 amide bonds. The van der Waals surface area contributed by atoms with Crippen LogP contribution in [-0.2, 0) is 9.59 Å². The molecule has 1 atom stereocenters. The van der Waals surface area contributed by atoms with E-state index in [0.717, 1.165) is 12.8 Å². The minimum Gasteiger partial charge on any atom is -0.548 e. The van der Waals surface area contributed by atoms with E-state index in [1.165, 1.54) is 96.3 Å². The molecule has 0 fully saturated rings. The van der Waals surface area contributed by atoms with Crippen LogP contribution in [0.4, 0.5) is 0 Å². The van der Waals surface area contributed by atoms with Crippen molar-refractivity contribution in [2.75, 3.05) is 12.0 Å². The second-order valence-electron chi connectivity index (χ2n) is 8.63. The molecule has 0 heterocycles.